The van der Waals surface area contributed by atoms with E-state index >= 15 is 0 Å². The first-order chi connectivity index (χ1) is 11.7. The number of carbonyl (C=O) groups excluding carboxylic acids is 1. The number of carbonyl (C=O) groups is 1. The highest BCUT2D eigenvalue weighted by atomic mass is 32.2. The summed E-state index contributed by atoms with van der Waals surface area (Å²) in [4.78, 5) is 27.6. The molecule has 0 radical (unpaired) electrons. The van der Waals surface area contributed by atoms with Crippen molar-refractivity contribution in [3.63, 3.8) is 0 Å². The summed E-state index contributed by atoms with van der Waals surface area (Å²) in [6.07, 6.45) is 0.266. The number of aryl methyl sites for hydroxylation is 1. The lowest BCUT2D eigenvalue weighted by molar-refractivity contribution is -0.118. The van der Waals surface area contributed by atoms with Crippen LogP contribution in [-0.2, 0) is 11.3 Å². The fourth-order valence-electron chi connectivity index (χ4n) is 3.00. The van der Waals surface area contributed by atoms with E-state index in [0.29, 0.717) is 18.7 Å². The first-order valence-corrected chi connectivity index (χ1v) is 8.83. The molecule has 0 spiro atoms. The van der Waals surface area contributed by atoms with E-state index < -0.39 is 5.76 Å². The fourth-order valence-corrected chi connectivity index (χ4v) is 3.99. The second-order valence-electron chi connectivity index (χ2n) is 5.60. The van der Waals surface area contributed by atoms with Gasteiger partial charge in [0.05, 0.1) is 11.2 Å². The molecule has 0 atom stereocenters. The predicted molar refractivity (Wildman–Crippen MR) is 94.6 cm³/mol. The number of aromatic nitrogens is 1. The van der Waals surface area contributed by atoms with Crippen molar-refractivity contribution in [1.82, 2.24) is 4.57 Å². The largest absolute Gasteiger partial charge is 0.419 e. The van der Waals surface area contributed by atoms with Crippen LogP contribution < -0.4 is 10.7 Å². The van der Waals surface area contributed by atoms with Crippen molar-refractivity contribution in [2.45, 2.75) is 17.9 Å². The van der Waals surface area contributed by atoms with Gasteiger partial charge in [-0.1, -0.05) is 24.3 Å². The van der Waals surface area contributed by atoms with Crippen LogP contribution in [0.4, 0.5) is 5.69 Å². The van der Waals surface area contributed by atoms with Gasteiger partial charge in [-0.3, -0.25) is 9.36 Å². The molecule has 122 valence electrons. The Kier molecular flexibility index (Phi) is 3.90. The number of para-hydroxylation sites is 3. The van der Waals surface area contributed by atoms with E-state index in [4.69, 9.17) is 4.42 Å². The van der Waals surface area contributed by atoms with E-state index in [1.807, 2.05) is 47.4 Å². The number of oxazole rings is 1. The third kappa shape index (κ3) is 2.63. The molecule has 0 N–H and O–H groups in total. The van der Waals surface area contributed by atoms with Crippen LogP contribution in [0, 0.1) is 0 Å². The molecule has 0 saturated carbocycles. The van der Waals surface area contributed by atoms with Crippen LogP contribution in [0.2, 0.25) is 0 Å². The number of benzene rings is 2. The van der Waals surface area contributed by atoms with Gasteiger partial charge in [0.25, 0.3) is 0 Å². The standard InChI is InChI=1S/C18H16N2O3S/c21-17(19-11-12-24-16-8-4-2-6-14(16)19)9-10-20-13-5-1-3-7-15(13)23-18(20)22/h1-8H,9-12H2. The fraction of sp³-hybridized carbons (Fsp3) is 0.222. The number of nitrogens with zero attached hydrogens (tertiary/aromatic N) is 2. The monoisotopic (exact) mass is 340 g/mol. The van der Waals surface area contributed by atoms with E-state index in [-0.39, 0.29) is 12.3 Å². The van der Waals surface area contributed by atoms with Crippen LogP contribution in [0.3, 0.4) is 0 Å². The van der Waals surface area contributed by atoms with Crippen molar-refractivity contribution in [1.29, 1.82) is 0 Å². The molecule has 0 bridgehead atoms. The zero-order chi connectivity index (χ0) is 16.5. The van der Waals surface area contributed by atoms with Gasteiger partial charge in [0, 0.05) is 30.2 Å². The number of thioether (sulfide) groups is 1. The summed E-state index contributed by atoms with van der Waals surface area (Å²) in [5.74, 6) is 0.496. The molecule has 2 heterocycles. The van der Waals surface area contributed by atoms with Gasteiger partial charge in [-0.2, -0.15) is 0 Å². The van der Waals surface area contributed by atoms with Gasteiger partial charge in [-0.05, 0) is 24.3 Å². The van der Waals surface area contributed by atoms with Gasteiger partial charge >= 0.3 is 5.76 Å². The van der Waals surface area contributed by atoms with Crippen LogP contribution in [-0.4, -0.2) is 22.8 Å². The van der Waals surface area contributed by atoms with Crippen molar-refractivity contribution in [2.24, 2.45) is 0 Å². The Morgan fingerprint density at radius 3 is 2.83 bits per heavy atom. The minimum Gasteiger partial charge on any atom is -0.408 e. The van der Waals surface area contributed by atoms with Crippen molar-refractivity contribution in [3.8, 4) is 0 Å². The third-order valence-corrected chi connectivity index (χ3v) is 5.20. The summed E-state index contributed by atoms with van der Waals surface area (Å²) in [6, 6.07) is 15.2. The lowest BCUT2D eigenvalue weighted by Gasteiger charge is -2.29. The molecule has 0 saturated heterocycles. The summed E-state index contributed by atoms with van der Waals surface area (Å²) >= 11 is 1.77. The number of hydrogen-bond acceptors (Lipinski definition) is 4. The van der Waals surface area contributed by atoms with Crippen LogP contribution in [0.5, 0.6) is 0 Å². The smallest absolute Gasteiger partial charge is 0.408 e. The van der Waals surface area contributed by atoms with Gasteiger partial charge in [0.1, 0.15) is 0 Å². The number of rotatable bonds is 3. The Morgan fingerprint density at radius 1 is 1.12 bits per heavy atom. The maximum atomic E-state index is 12.7. The highest BCUT2D eigenvalue weighted by molar-refractivity contribution is 7.99. The maximum absolute atomic E-state index is 12.7. The van der Waals surface area contributed by atoms with Crippen molar-refractivity contribution in [2.75, 3.05) is 17.2 Å². The zero-order valence-electron chi connectivity index (χ0n) is 13.0. The van der Waals surface area contributed by atoms with Gasteiger partial charge < -0.3 is 9.32 Å². The molecule has 2 aromatic carbocycles. The number of hydrogen-bond donors (Lipinski definition) is 0. The van der Waals surface area contributed by atoms with Gasteiger partial charge in [0.2, 0.25) is 5.91 Å². The lowest BCUT2D eigenvalue weighted by Crippen LogP contribution is -2.36. The molecule has 24 heavy (non-hydrogen) atoms. The number of amides is 1. The number of anilines is 1. The van der Waals surface area contributed by atoms with E-state index in [2.05, 4.69) is 0 Å². The average molecular weight is 340 g/mol. The van der Waals surface area contributed by atoms with Crippen LogP contribution in [0.25, 0.3) is 11.1 Å². The highest BCUT2D eigenvalue weighted by Gasteiger charge is 2.22. The Labute approximate surface area is 142 Å². The minimum absolute atomic E-state index is 0.0277. The van der Waals surface area contributed by atoms with Gasteiger partial charge in [0.15, 0.2) is 5.58 Å². The Bertz CT molecular complexity index is 960. The topological polar surface area (TPSA) is 55.5 Å². The van der Waals surface area contributed by atoms with Crippen molar-refractivity contribution < 1.29 is 9.21 Å². The van der Waals surface area contributed by atoms with Gasteiger partial charge in [-0.15, -0.1) is 11.8 Å². The van der Waals surface area contributed by atoms with Crippen LogP contribution in [0.1, 0.15) is 6.42 Å². The second kappa shape index (κ2) is 6.20. The summed E-state index contributed by atoms with van der Waals surface area (Å²) < 4.78 is 6.74. The van der Waals surface area contributed by atoms with E-state index in [1.54, 1.807) is 17.8 Å². The SMILES string of the molecule is O=C(CCn1c(=O)oc2ccccc21)N1CCSc2ccccc21. The third-order valence-electron chi connectivity index (χ3n) is 4.15. The van der Waals surface area contributed by atoms with Crippen LogP contribution in [0.15, 0.2) is 62.6 Å². The zero-order valence-corrected chi connectivity index (χ0v) is 13.8. The second-order valence-corrected chi connectivity index (χ2v) is 6.74. The molecule has 0 fully saturated rings. The van der Waals surface area contributed by atoms with E-state index in [0.717, 1.165) is 21.9 Å². The quantitative estimate of drug-likeness (QED) is 0.735. The summed E-state index contributed by atoms with van der Waals surface area (Å²) in [5.41, 5.74) is 2.24. The molecule has 1 aromatic heterocycles. The average Bonchev–Trinajstić information content (AvgIpc) is 2.94. The minimum atomic E-state index is -0.418. The molecule has 1 amide bonds. The molecule has 6 heteroatoms. The first kappa shape index (κ1) is 15.1. The summed E-state index contributed by atoms with van der Waals surface area (Å²) in [7, 11) is 0. The molecule has 4 rings (SSSR count). The molecule has 0 aliphatic carbocycles. The Balaban J connectivity index is 1.55. The molecule has 0 unspecified atom stereocenters. The van der Waals surface area contributed by atoms with Gasteiger partial charge in [-0.25, -0.2) is 4.79 Å². The van der Waals surface area contributed by atoms with Crippen molar-refractivity contribution >= 4 is 34.5 Å². The summed E-state index contributed by atoms with van der Waals surface area (Å²) in [6.45, 7) is 1.02. The Hall–Kier alpha value is -2.47. The number of fused-ring (bicyclic) bond motifs is 2. The summed E-state index contributed by atoms with van der Waals surface area (Å²) in [5, 5.41) is 0. The molecule has 1 aliphatic heterocycles. The molecule has 1 aliphatic rings. The van der Waals surface area contributed by atoms with Crippen molar-refractivity contribution in [3.05, 3.63) is 59.1 Å². The molecule has 3 aromatic rings. The molecular formula is C18H16N2O3S. The first-order valence-electron chi connectivity index (χ1n) is 7.84. The van der Waals surface area contributed by atoms with E-state index in [9.17, 15) is 9.59 Å². The van der Waals surface area contributed by atoms with Crippen LogP contribution >= 0.6 is 11.8 Å². The molecular weight excluding hydrogens is 324 g/mol. The maximum Gasteiger partial charge on any atom is 0.419 e. The molecule has 5 nitrogen and oxygen atoms in total. The predicted octanol–water partition coefficient (Wildman–Crippen LogP) is 3.12. The normalized spacial score (nSPS) is 13.9. The van der Waals surface area contributed by atoms with E-state index in [1.165, 1.54) is 4.57 Å². The lowest BCUT2D eigenvalue weighted by atomic mass is 10.2. The Morgan fingerprint density at radius 2 is 1.92 bits per heavy atom. The highest BCUT2D eigenvalue weighted by Crippen LogP contribution is 2.34.